The molecule has 1 N–H and O–H groups in total. The van der Waals surface area contributed by atoms with Crippen LogP contribution in [0, 0.1) is 16.7 Å². The number of nitrogens with zero attached hydrogens (tertiary/aromatic N) is 2. The van der Waals surface area contributed by atoms with E-state index in [2.05, 4.69) is 11.0 Å². The minimum absolute atomic E-state index is 0.432. The van der Waals surface area contributed by atoms with Crippen LogP contribution in [0.4, 0.5) is 5.69 Å². The van der Waals surface area contributed by atoms with E-state index in [9.17, 15) is 0 Å². The summed E-state index contributed by atoms with van der Waals surface area (Å²) in [4.78, 5) is 2.13. The Labute approximate surface area is 119 Å². The lowest BCUT2D eigenvalue weighted by molar-refractivity contribution is 0.441. The van der Waals surface area contributed by atoms with Gasteiger partial charge < -0.3 is 4.90 Å². The van der Waals surface area contributed by atoms with E-state index in [1.54, 1.807) is 0 Å². The van der Waals surface area contributed by atoms with Gasteiger partial charge in [0.25, 0.3) is 0 Å². The van der Waals surface area contributed by atoms with Gasteiger partial charge in [0.15, 0.2) is 5.17 Å². The van der Waals surface area contributed by atoms with Crippen LogP contribution in [0.5, 0.6) is 0 Å². The third-order valence-corrected chi connectivity index (χ3v) is 4.21. The highest BCUT2D eigenvalue weighted by Crippen LogP contribution is 2.29. The third-order valence-electron chi connectivity index (χ3n) is 3.63. The summed E-state index contributed by atoms with van der Waals surface area (Å²) in [6.45, 7) is 0. The van der Waals surface area contributed by atoms with Gasteiger partial charge in [0.2, 0.25) is 0 Å². The van der Waals surface area contributed by atoms with E-state index in [-0.39, 0.29) is 0 Å². The molecule has 0 unspecified atom stereocenters. The number of amidine groups is 1. The van der Waals surface area contributed by atoms with Crippen molar-refractivity contribution in [3.8, 4) is 6.07 Å². The molecular formula is C15H19N3S. The summed E-state index contributed by atoms with van der Waals surface area (Å²) in [7, 11) is 0. The van der Waals surface area contributed by atoms with Crippen LogP contribution in [0.15, 0.2) is 24.3 Å². The van der Waals surface area contributed by atoms with Crippen molar-refractivity contribution in [2.45, 2.75) is 38.1 Å². The van der Waals surface area contributed by atoms with Crippen LogP contribution in [-0.2, 0) is 0 Å². The summed E-state index contributed by atoms with van der Waals surface area (Å²) in [6.07, 6.45) is 8.07. The first kappa shape index (κ1) is 14.0. The lowest BCUT2D eigenvalue weighted by atomic mass is 9.94. The molecule has 0 aromatic heterocycles. The highest BCUT2D eigenvalue weighted by Gasteiger charge is 2.24. The minimum atomic E-state index is 0.432. The smallest absolute Gasteiger partial charge is 0.160 e. The fraction of sp³-hybridized carbons (Fsp3) is 0.467. The second-order valence-electron chi connectivity index (χ2n) is 4.83. The first-order valence-corrected chi connectivity index (χ1v) is 7.90. The van der Waals surface area contributed by atoms with Crippen molar-refractivity contribution in [2.75, 3.05) is 11.2 Å². The van der Waals surface area contributed by atoms with Gasteiger partial charge in [-0.15, -0.1) is 0 Å². The van der Waals surface area contributed by atoms with Crippen LogP contribution in [0.2, 0.25) is 0 Å². The topological polar surface area (TPSA) is 50.9 Å². The van der Waals surface area contributed by atoms with E-state index in [0.29, 0.717) is 16.8 Å². The Morgan fingerprint density at radius 3 is 2.42 bits per heavy atom. The molecule has 1 aromatic carbocycles. The zero-order valence-corrected chi connectivity index (χ0v) is 12.0. The van der Waals surface area contributed by atoms with Crippen molar-refractivity contribution in [3.05, 3.63) is 29.8 Å². The van der Waals surface area contributed by atoms with Crippen molar-refractivity contribution < 1.29 is 0 Å². The van der Waals surface area contributed by atoms with Gasteiger partial charge in [0.1, 0.15) is 0 Å². The van der Waals surface area contributed by atoms with E-state index >= 15 is 0 Å². The number of anilines is 1. The second kappa shape index (κ2) is 6.63. The molecule has 1 aliphatic carbocycles. The maximum atomic E-state index is 8.86. The zero-order chi connectivity index (χ0) is 13.7. The maximum Gasteiger partial charge on any atom is 0.160 e. The average Bonchev–Trinajstić information content (AvgIpc) is 2.49. The molecule has 0 aliphatic heterocycles. The fourth-order valence-electron chi connectivity index (χ4n) is 2.63. The monoisotopic (exact) mass is 273 g/mol. The molecule has 0 spiro atoms. The number of hydrogen-bond donors (Lipinski definition) is 1. The Balaban J connectivity index is 2.25. The molecule has 3 nitrogen and oxygen atoms in total. The van der Waals surface area contributed by atoms with Crippen molar-refractivity contribution in [3.63, 3.8) is 0 Å². The summed E-state index contributed by atoms with van der Waals surface area (Å²) < 4.78 is 0. The van der Waals surface area contributed by atoms with Gasteiger partial charge in [-0.3, -0.25) is 5.41 Å². The van der Waals surface area contributed by atoms with Crippen molar-refractivity contribution >= 4 is 22.6 Å². The van der Waals surface area contributed by atoms with Gasteiger partial charge in [-0.1, -0.05) is 31.0 Å². The van der Waals surface area contributed by atoms with Crippen LogP contribution in [0.1, 0.15) is 37.7 Å². The largest absolute Gasteiger partial charge is 0.318 e. The van der Waals surface area contributed by atoms with Crippen molar-refractivity contribution in [1.29, 1.82) is 10.7 Å². The van der Waals surface area contributed by atoms with Crippen LogP contribution < -0.4 is 4.90 Å². The molecule has 0 amide bonds. The number of rotatable bonds is 2. The Hall–Kier alpha value is -1.47. The molecule has 1 saturated carbocycles. The maximum absolute atomic E-state index is 8.86. The Bertz CT molecular complexity index is 469. The SMILES string of the molecule is CSC(=N)N(c1ccc(C#N)cc1)C1CCCCC1. The number of hydrogen-bond acceptors (Lipinski definition) is 3. The van der Waals surface area contributed by atoms with Gasteiger partial charge in [-0.25, -0.2) is 0 Å². The van der Waals surface area contributed by atoms with Gasteiger partial charge in [-0.05, 0) is 43.4 Å². The van der Waals surface area contributed by atoms with E-state index in [1.165, 1.54) is 31.0 Å². The van der Waals surface area contributed by atoms with Crippen molar-refractivity contribution in [1.82, 2.24) is 0 Å². The average molecular weight is 273 g/mol. The molecule has 1 aromatic rings. The molecule has 0 bridgehead atoms. The summed E-state index contributed by atoms with van der Waals surface area (Å²) in [5, 5.41) is 17.6. The summed E-state index contributed by atoms with van der Waals surface area (Å²) in [5.74, 6) is 0. The predicted molar refractivity (Wildman–Crippen MR) is 81.8 cm³/mol. The second-order valence-corrected chi connectivity index (χ2v) is 5.62. The Kier molecular flexibility index (Phi) is 4.86. The van der Waals surface area contributed by atoms with Crippen LogP contribution >= 0.6 is 11.8 Å². The molecule has 0 saturated heterocycles. The third kappa shape index (κ3) is 3.30. The summed E-state index contributed by atoms with van der Waals surface area (Å²) in [6, 6.07) is 10.1. The van der Waals surface area contributed by atoms with Gasteiger partial charge >= 0.3 is 0 Å². The number of benzene rings is 1. The minimum Gasteiger partial charge on any atom is -0.318 e. The fourth-order valence-corrected chi connectivity index (χ4v) is 3.08. The molecule has 0 atom stereocenters. The normalized spacial score (nSPS) is 15.8. The number of thioether (sulfide) groups is 1. The van der Waals surface area contributed by atoms with Crippen LogP contribution in [-0.4, -0.2) is 17.5 Å². The quantitative estimate of drug-likeness (QED) is 0.654. The van der Waals surface area contributed by atoms with Gasteiger partial charge in [0.05, 0.1) is 11.6 Å². The zero-order valence-electron chi connectivity index (χ0n) is 11.2. The number of nitriles is 1. The van der Waals surface area contributed by atoms with Gasteiger partial charge in [0, 0.05) is 11.7 Å². The standard InChI is InChI=1S/C15H19N3S/c1-19-15(17)18(13-5-3-2-4-6-13)14-9-7-12(11-16)8-10-14/h7-10,13,17H,2-6H2,1H3. The lowest BCUT2D eigenvalue weighted by Gasteiger charge is -2.35. The van der Waals surface area contributed by atoms with Gasteiger partial charge in [-0.2, -0.15) is 5.26 Å². The highest BCUT2D eigenvalue weighted by molar-refractivity contribution is 8.13. The van der Waals surface area contributed by atoms with E-state index in [4.69, 9.17) is 10.7 Å². The predicted octanol–water partition coefficient (Wildman–Crippen LogP) is 4.00. The Morgan fingerprint density at radius 2 is 1.89 bits per heavy atom. The Morgan fingerprint density at radius 1 is 1.26 bits per heavy atom. The number of nitrogens with one attached hydrogen (secondary N) is 1. The van der Waals surface area contributed by atoms with E-state index < -0.39 is 0 Å². The van der Waals surface area contributed by atoms with E-state index in [1.807, 2.05) is 30.5 Å². The highest BCUT2D eigenvalue weighted by atomic mass is 32.2. The molecule has 4 heteroatoms. The molecular weight excluding hydrogens is 254 g/mol. The molecule has 0 heterocycles. The molecule has 19 heavy (non-hydrogen) atoms. The first-order chi connectivity index (χ1) is 9.26. The molecule has 0 radical (unpaired) electrons. The van der Waals surface area contributed by atoms with Crippen LogP contribution in [0.3, 0.4) is 0 Å². The molecule has 1 aliphatic rings. The molecule has 100 valence electrons. The summed E-state index contributed by atoms with van der Waals surface area (Å²) >= 11 is 1.48. The summed E-state index contributed by atoms with van der Waals surface area (Å²) in [5.41, 5.74) is 1.70. The van der Waals surface area contributed by atoms with E-state index in [0.717, 1.165) is 18.5 Å². The molecule has 1 fully saturated rings. The van der Waals surface area contributed by atoms with Crippen molar-refractivity contribution in [2.24, 2.45) is 0 Å². The van der Waals surface area contributed by atoms with Crippen LogP contribution in [0.25, 0.3) is 0 Å². The lowest BCUT2D eigenvalue weighted by Crippen LogP contribution is -2.39. The first-order valence-electron chi connectivity index (χ1n) is 6.68. The molecule has 2 rings (SSSR count).